The molecule has 0 radical (unpaired) electrons. The second kappa shape index (κ2) is 15.3. The number of allylic oxidation sites excluding steroid dienone is 1. The minimum atomic E-state index is -3.91. The SMILES string of the molecule is C=CCCCCc1cc(C)cc(C)c1-c1cc(C2CC2)cc([C@H](CC(=O)OCC)NC(=O)[C@@H](CC=C)OS(C)(=O)=O)c1. The molecule has 0 unspecified atom stereocenters. The van der Waals surface area contributed by atoms with Crippen molar-refractivity contribution in [1.29, 1.82) is 0 Å². The van der Waals surface area contributed by atoms with Gasteiger partial charge in [-0.05, 0) is 105 Å². The van der Waals surface area contributed by atoms with Crippen LogP contribution in [-0.4, -0.2) is 39.3 Å². The van der Waals surface area contributed by atoms with Crippen LogP contribution in [0.5, 0.6) is 0 Å². The topological polar surface area (TPSA) is 98.8 Å². The Hall–Kier alpha value is -3.23. The molecular weight excluding hydrogens is 550 g/mol. The second-order valence-corrected chi connectivity index (χ2v) is 12.8. The molecule has 8 heteroatoms. The van der Waals surface area contributed by atoms with Gasteiger partial charge in [-0.3, -0.25) is 13.8 Å². The first kappa shape index (κ1) is 33.3. The third kappa shape index (κ3) is 9.95. The number of nitrogens with one attached hydrogen (secondary N) is 1. The average molecular weight is 596 g/mol. The summed E-state index contributed by atoms with van der Waals surface area (Å²) in [6.07, 6.45) is 9.07. The van der Waals surface area contributed by atoms with Crippen LogP contribution < -0.4 is 5.32 Å². The van der Waals surface area contributed by atoms with E-state index in [1.54, 1.807) is 6.92 Å². The molecule has 42 heavy (non-hydrogen) atoms. The summed E-state index contributed by atoms with van der Waals surface area (Å²) in [6.45, 7) is 13.6. The van der Waals surface area contributed by atoms with Gasteiger partial charge in [-0.1, -0.05) is 42.0 Å². The maximum absolute atomic E-state index is 13.3. The highest BCUT2D eigenvalue weighted by molar-refractivity contribution is 7.86. The predicted octanol–water partition coefficient (Wildman–Crippen LogP) is 6.78. The van der Waals surface area contributed by atoms with Gasteiger partial charge in [-0.2, -0.15) is 8.42 Å². The van der Waals surface area contributed by atoms with Gasteiger partial charge in [0.2, 0.25) is 0 Å². The fourth-order valence-corrected chi connectivity index (χ4v) is 5.99. The van der Waals surface area contributed by atoms with Crippen molar-refractivity contribution in [2.24, 2.45) is 0 Å². The molecule has 3 rings (SSSR count). The first-order valence-electron chi connectivity index (χ1n) is 14.8. The Morgan fingerprint density at radius 1 is 1.07 bits per heavy atom. The van der Waals surface area contributed by atoms with Gasteiger partial charge in [0.1, 0.15) is 0 Å². The lowest BCUT2D eigenvalue weighted by Crippen LogP contribution is -2.40. The Kier molecular flexibility index (Phi) is 12.1. The summed E-state index contributed by atoms with van der Waals surface area (Å²) in [4.78, 5) is 26.0. The molecule has 2 atom stereocenters. The van der Waals surface area contributed by atoms with Crippen molar-refractivity contribution < 1.29 is 26.9 Å². The predicted molar refractivity (Wildman–Crippen MR) is 168 cm³/mol. The zero-order valence-electron chi connectivity index (χ0n) is 25.4. The Bertz CT molecular complexity index is 1390. The van der Waals surface area contributed by atoms with E-state index in [9.17, 15) is 18.0 Å². The van der Waals surface area contributed by atoms with Crippen molar-refractivity contribution in [2.45, 2.75) is 90.2 Å². The summed E-state index contributed by atoms with van der Waals surface area (Å²) in [5.74, 6) is -0.672. The molecule has 228 valence electrons. The number of ether oxygens (including phenoxy) is 1. The number of carbonyl (C=O) groups is 2. The van der Waals surface area contributed by atoms with E-state index in [1.165, 1.54) is 33.9 Å². The van der Waals surface area contributed by atoms with Gasteiger partial charge in [-0.15, -0.1) is 13.2 Å². The van der Waals surface area contributed by atoms with E-state index in [2.05, 4.69) is 56.6 Å². The first-order chi connectivity index (χ1) is 19.9. The molecule has 2 aromatic carbocycles. The average Bonchev–Trinajstić information content (AvgIpc) is 3.75. The normalized spacial score (nSPS) is 14.6. The molecule has 1 N–H and O–H groups in total. The van der Waals surface area contributed by atoms with Crippen LogP contribution in [-0.2, 0) is 35.0 Å². The number of esters is 1. The quantitative estimate of drug-likeness (QED) is 0.0937. The van der Waals surface area contributed by atoms with Crippen LogP contribution in [0.2, 0.25) is 0 Å². The summed E-state index contributed by atoms with van der Waals surface area (Å²) in [5, 5.41) is 2.90. The summed E-state index contributed by atoms with van der Waals surface area (Å²) in [6, 6.07) is 10.0. The Labute approximate surface area is 251 Å². The standard InChI is InChI=1S/C34H45NO6S/c1-7-10-11-12-14-26-18-23(4)17-24(5)33(26)29-20-27(25-15-16-25)19-28(21-29)30(22-32(36)40-9-3)35-34(37)31(13-8-2)41-42(6,38)39/h7-8,17-21,25,30-31H,1-2,9-16,22H2,3-6H3,(H,35,37)/t30-,31+/m0/s1. The van der Waals surface area contributed by atoms with E-state index in [0.717, 1.165) is 55.9 Å². The third-order valence-corrected chi connectivity index (χ3v) is 7.92. The molecule has 0 heterocycles. The number of rotatable bonds is 17. The van der Waals surface area contributed by atoms with Gasteiger partial charge >= 0.3 is 5.97 Å². The molecule has 0 saturated heterocycles. The van der Waals surface area contributed by atoms with E-state index in [0.29, 0.717) is 5.92 Å². The third-order valence-electron chi connectivity index (χ3n) is 7.34. The molecule has 1 fully saturated rings. The van der Waals surface area contributed by atoms with E-state index in [4.69, 9.17) is 8.92 Å². The zero-order valence-corrected chi connectivity index (χ0v) is 26.2. The van der Waals surface area contributed by atoms with Crippen LogP contribution in [0.4, 0.5) is 0 Å². The van der Waals surface area contributed by atoms with Crippen LogP contribution in [0, 0.1) is 13.8 Å². The number of unbranched alkanes of at least 4 members (excludes halogenated alkanes) is 2. The molecule has 0 bridgehead atoms. The molecule has 7 nitrogen and oxygen atoms in total. The van der Waals surface area contributed by atoms with Crippen molar-refractivity contribution in [1.82, 2.24) is 5.32 Å². The van der Waals surface area contributed by atoms with Crippen molar-refractivity contribution >= 4 is 22.0 Å². The number of amides is 1. The molecule has 0 aliphatic heterocycles. The number of hydrogen-bond acceptors (Lipinski definition) is 6. The molecule has 1 amide bonds. The lowest BCUT2D eigenvalue weighted by Gasteiger charge is -2.24. The fraction of sp³-hybridized carbons (Fsp3) is 0.471. The number of carbonyl (C=O) groups excluding carboxylic acids is 2. The summed E-state index contributed by atoms with van der Waals surface area (Å²) in [7, 11) is -3.91. The Morgan fingerprint density at radius 2 is 1.81 bits per heavy atom. The fourth-order valence-electron chi connectivity index (χ4n) is 5.40. The molecule has 0 spiro atoms. The van der Waals surface area contributed by atoms with Gasteiger partial charge in [0, 0.05) is 6.42 Å². The minimum Gasteiger partial charge on any atom is -0.466 e. The van der Waals surface area contributed by atoms with Gasteiger partial charge in [0.05, 0.1) is 25.3 Å². The Balaban J connectivity index is 2.09. The second-order valence-electron chi connectivity index (χ2n) is 11.2. The lowest BCUT2D eigenvalue weighted by atomic mass is 9.87. The summed E-state index contributed by atoms with van der Waals surface area (Å²) in [5.41, 5.74) is 7.81. The van der Waals surface area contributed by atoms with Crippen molar-refractivity contribution in [3.8, 4) is 11.1 Å². The maximum atomic E-state index is 13.3. The highest BCUT2D eigenvalue weighted by Gasteiger charge is 2.30. The van der Waals surface area contributed by atoms with Gasteiger partial charge < -0.3 is 10.1 Å². The number of hydrogen-bond donors (Lipinski definition) is 1. The van der Waals surface area contributed by atoms with Crippen LogP contribution in [0.25, 0.3) is 11.1 Å². The molecule has 1 aliphatic rings. The minimum absolute atomic E-state index is 0.00380. The van der Waals surface area contributed by atoms with Crippen molar-refractivity contribution in [3.63, 3.8) is 0 Å². The lowest BCUT2D eigenvalue weighted by molar-refractivity contribution is -0.144. The van der Waals surface area contributed by atoms with Gasteiger partial charge in [-0.25, -0.2) is 0 Å². The van der Waals surface area contributed by atoms with Crippen molar-refractivity contribution in [2.75, 3.05) is 12.9 Å². The highest BCUT2D eigenvalue weighted by atomic mass is 32.2. The van der Waals surface area contributed by atoms with Crippen LogP contribution in [0.15, 0.2) is 55.6 Å². The first-order valence-corrected chi connectivity index (χ1v) is 16.6. The molecular formula is C34H45NO6S. The zero-order chi connectivity index (χ0) is 30.9. The van der Waals surface area contributed by atoms with Crippen LogP contribution in [0.1, 0.15) is 91.6 Å². The molecule has 2 aromatic rings. The smallest absolute Gasteiger partial charge is 0.308 e. The van der Waals surface area contributed by atoms with E-state index in [1.807, 2.05) is 12.1 Å². The summed E-state index contributed by atoms with van der Waals surface area (Å²) >= 11 is 0. The van der Waals surface area contributed by atoms with Gasteiger partial charge in [0.25, 0.3) is 16.0 Å². The monoisotopic (exact) mass is 595 g/mol. The van der Waals surface area contributed by atoms with Crippen molar-refractivity contribution in [3.05, 3.63) is 83.5 Å². The van der Waals surface area contributed by atoms with Gasteiger partial charge in [0.15, 0.2) is 6.10 Å². The van der Waals surface area contributed by atoms with E-state index < -0.39 is 34.1 Å². The number of benzene rings is 2. The van der Waals surface area contributed by atoms with Crippen LogP contribution in [0.3, 0.4) is 0 Å². The molecule has 1 saturated carbocycles. The largest absolute Gasteiger partial charge is 0.466 e. The maximum Gasteiger partial charge on any atom is 0.308 e. The molecule has 0 aromatic heterocycles. The number of aryl methyl sites for hydroxylation is 3. The van der Waals surface area contributed by atoms with E-state index in [-0.39, 0.29) is 19.4 Å². The molecule has 1 aliphatic carbocycles. The highest BCUT2D eigenvalue weighted by Crippen LogP contribution is 2.43. The van der Waals surface area contributed by atoms with Crippen LogP contribution >= 0.6 is 0 Å². The van der Waals surface area contributed by atoms with E-state index >= 15 is 0 Å². The Morgan fingerprint density at radius 3 is 2.43 bits per heavy atom. The summed E-state index contributed by atoms with van der Waals surface area (Å²) < 4.78 is 34.0.